The summed E-state index contributed by atoms with van der Waals surface area (Å²) in [7, 11) is 0. The lowest BCUT2D eigenvalue weighted by Crippen LogP contribution is -2.41. The molecule has 1 fully saturated rings. The first-order valence-corrected chi connectivity index (χ1v) is 9.20. The van der Waals surface area contributed by atoms with Crippen LogP contribution in [-0.4, -0.2) is 29.9 Å². The van der Waals surface area contributed by atoms with E-state index < -0.39 is 0 Å². The number of fused-ring (bicyclic) bond motifs is 1. The molecule has 0 aromatic heterocycles. The molecule has 2 aromatic rings. The molecule has 0 aliphatic carbocycles. The Hall–Kier alpha value is -2.04. The number of carbonyl (C=O) groups is 1. The number of halogens is 1. The van der Waals surface area contributed by atoms with Crippen molar-refractivity contribution in [2.75, 3.05) is 23.7 Å². The van der Waals surface area contributed by atoms with Crippen molar-refractivity contribution in [1.82, 2.24) is 4.90 Å². The van der Waals surface area contributed by atoms with Crippen LogP contribution in [0.1, 0.15) is 24.0 Å². The number of nitrogens with one attached hydrogen (secondary N) is 2. The van der Waals surface area contributed by atoms with Gasteiger partial charge in [-0.2, -0.15) is 0 Å². The van der Waals surface area contributed by atoms with Gasteiger partial charge >= 0.3 is 0 Å². The fraction of sp³-hybridized carbons (Fsp3) is 0.350. The van der Waals surface area contributed by atoms with E-state index in [-0.39, 0.29) is 5.91 Å². The molecule has 2 aromatic carbocycles. The molecule has 2 heterocycles. The second kappa shape index (κ2) is 7.06. The minimum atomic E-state index is 0.0370. The summed E-state index contributed by atoms with van der Waals surface area (Å²) in [6.45, 7) is 3.11. The molecule has 130 valence electrons. The quantitative estimate of drug-likeness (QED) is 0.874. The predicted octanol–water partition coefficient (Wildman–Crippen LogP) is 3.91. The zero-order valence-corrected chi connectivity index (χ0v) is 14.9. The van der Waals surface area contributed by atoms with E-state index in [2.05, 4.69) is 45.9 Å². The minimum absolute atomic E-state index is 0.0370. The van der Waals surface area contributed by atoms with Crippen LogP contribution in [0.4, 0.5) is 11.4 Å². The molecule has 1 amide bonds. The Morgan fingerprint density at radius 1 is 1.24 bits per heavy atom. The van der Waals surface area contributed by atoms with E-state index in [1.807, 2.05) is 12.1 Å². The van der Waals surface area contributed by atoms with Crippen LogP contribution in [0, 0.1) is 0 Å². The molecule has 1 saturated heterocycles. The molecule has 0 radical (unpaired) electrons. The van der Waals surface area contributed by atoms with E-state index in [4.69, 9.17) is 11.6 Å². The number of hydrogen-bond acceptors (Lipinski definition) is 3. The molecule has 0 saturated carbocycles. The molecular weight excluding hydrogens is 334 g/mol. The molecule has 2 aliphatic heterocycles. The smallest absolute Gasteiger partial charge is 0.228 e. The highest BCUT2D eigenvalue weighted by atomic mass is 35.5. The van der Waals surface area contributed by atoms with Crippen LogP contribution in [-0.2, 0) is 17.8 Å². The van der Waals surface area contributed by atoms with Gasteiger partial charge in [-0.15, -0.1) is 0 Å². The highest BCUT2D eigenvalue weighted by Crippen LogP contribution is 2.33. The van der Waals surface area contributed by atoms with Crippen molar-refractivity contribution in [3.8, 4) is 0 Å². The Balaban J connectivity index is 1.43. The normalized spacial score (nSPS) is 20.2. The summed E-state index contributed by atoms with van der Waals surface area (Å²) in [5.74, 6) is 0.0370. The number of nitrogens with zero attached hydrogens (tertiary/aromatic N) is 1. The highest BCUT2D eigenvalue weighted by Gasteiger charge is 2.23. The van der Waals surface area contributed by atoms with E-state index in [0.29, 0.717) is 17.5 Å². The van der Waals surface area contributed by atoms with Gasteiger partial charge in [-0.05, 0) is 42.6 Å². The molecule has 25 heavy (non-hydrogen) atoms. The molecule has 4 rings (SSSR count). The third kappa shape index (κ3) is 3.80. The van der Waals surface area contributed by atoms with Crippen molar-refractivity contribution in [3.63, 3.8) is 0 Å². The second-order valence-electron chi connectivity index (χ2n) is 6.92. The average Bonchev–Trinajstić information content (AvgIpc) is 2.95. The van der Waals surface area contributed by atoms with Crippen LogP contribution in [0.2, 0.25) is 5.02 Å². The lowest BCUT2D eigenvalue weighted by molar-refractivity contribution is -0.115. The first kappa shape index (κ1) is 16.4. The monoisotopic (exact) mass is 355 g/mol. The van der Waals surface area contributed by atoms with Crippen LogP contribution in [0.5, 0.6) is 0 Å². The zero-order chi connectivity index (χ0) is 17.2. The Kier molecular flexibility index (Phi) is 4.64. The van der Waals surface area contributed by atoms with Gasteiger partial charge in [0.2, 0.25) is 5.91 Å². The molecule has 2 N–H and O–H groups in total. The summed E-state index contributed by atoms with van der Waals surface area (Å²) in [5, 5.41) is 7.11. The Labute approximate surface area is 153 Å². The van der Waals surface area contributed by atoms with Gasteiger partial charge < -0.3 is 10.6 Å². The Morgan fingerprint density at radius 3 is 2.92 bits per heavy atom. The lowest BCUT2D eigenvalue weighted by Gasteiger charge is -2.34. The Morgan fingerprint density at radius 2 is 2.08 bits per heavy atom. The zero-order valence-electron chi connectivity index (χ0n) is 14.1. The number of likely N-dealkylation sites (tertiary alicyclic amines) is 1. The minimum Gasteiger partial charge on any atom is -0.380 e. The van der Waals surface area contributed by atoms with E-state index >= 15 is 0 Å². The van der Waals surface area contributed by atoms with Gasteiger partial charge in [0.15, 0.2) is 0 Å². The Bertz CT molecular complexity index is 778. The van der Waals surface area contributed by atoms with Gasteiger partial charge in [0.25, 0.3) is 0 Å². The van der Waals surface area contributed by atoms with Gasteiger partial charge in [0.05, 0.1) is 17.1 Å². The largest absolute Gasteiger partial charge is 0.380 e. The van der Waals surface area contributed by atoms with Crippen LogP contribution < -0.4 is 10.6 Å². The number of hydrogen-bond donors (Lipinski definition) is 2. The summed E-state index contributed by atoms with van der Waals surface area (Å²) < 4.78 is 0. The average molecular weight is 356 g/mol. The summed E-state index contributed by atoms with van der Waals surface area (Å²) in [4.78, 5) is 14.0. The van der Waals surface area contributed by atoms with Crippen molar-refractivity contribution < 1.29 is 4.79 Å². The number of rotatable bonds is 4. The maximum absolute atomic E-state index is 11.5. The maximum atomic E-state index is 11.5. The van der Waals surface area contributed by atoms with E-state index in [9.17, 15) is 4.79 Å². The molecule has 0 spiro atoms. The molecule has 1 atom stereocenters. The fourth-order valence-corrected chi connectivity index (χ4v) is 3.96. The van der Waals surface area contributed by atoms with Crippen molar-refractivity contribution in [2.24, 2.45) is 0 Å². The first-order valence-electron chi connectivity index (χ1n) is 8.82. The topological polar surface area (TPSA) is 44.4 Å². The molecule has 1 unspecified atom stereocenters. The maximum Gasteiger partial charge on any atom is 0.228 e. The number of anilines is 2. The predicted molar refractivity (Wildman–Crippen MR) is 102 cm³/mol. The second-order valence-corrected chi connectivity index (χ2v) is 7.33. The SMILES string of the molecule is O=C1Cc2cc(NC3CCCN(Cc4ccccc4)C3)c(Cl)cc2N1. The van der Waals surface area contributed by atoms with Crippen LogP contribution >= 0.6 is 11.6 Å². The summed E-state index contributed by atoms with van der Waals surface area (Å²) in [5.41, 5.74) is 4.15. The first-order chi connectivity index (χ1) is 12.2. The summed E-state index contributed by atoms with van der Waals surface area (Å²) >= 11 is 6.41. The number of benzene rings is 2. The van der Waals surface area contributed by atoms with Gasteiger partial charge in [0, 0.05) is 24.8 Å². The van der Waals surface area contributed by atoms with Crippen molar-refractivity contribution in [2.45, 2.75) is 31.8 Å². The van der Waals surface area contributed by atoms with Crippen LogP contribution in [0.25, 0.3) is 0 Å². The molecular formula is C20H22ClN3O. The summed E-state index contributed by atoms with van der Waals surface area (Å²) in [6, 6.07) is 14.8. The van der Waals surface area contributed by atoms with E-state index in [1.165, 1.54) is 12.0 Å². The van der Waals surface area contributed by atoms with Crippen molar-refractivity contribution in [1.29, 1.82) is 0 Å². The third-order valence-corrected chi connectivity index (χ3v) is 5.24. The van der Waals surface area contributed by atoms with Crippen molar-refractivity contribution in [3.05, 3.63) is 58.6 Å². The van der Waals surface area contributed by atoms with Gasteiger partial charge in [-0.1, -0.05) is 41.9 Å². The summed E-state index contributed by atoms with van der Waals surface area (Å²) in [6.07, 6.45) is 2.75. The van der Waals surface area contributed by atoms with Gasteiger partial charge in [0.1, 0.15) is 0 Å². The fourth-order valence-electron chi connectivity index (χ4n) is 3.74. The molecule has 4 nitrogen and oxygen atoms in total. The van der Waals surface area contributed by atoms with Gasteiger partial charge in [-0.3, -0.25) is 9.69 Å². The van der Waals surface area contributed by atoms with Crippen LogP contribution in [0.15, 0.2) is 42.5 Å². The number of amides is 1. The number of piperidine rings is 1. The molecule has 2 aliphatic rings. The molecule has 5 heteroatoms. The lowest BCUT2D eigenvalue weighted by atomic mass is 10.0. The van der Waals surface area contributed by atoms with E-state index in [1.54, 1.807) is 0 Å². The highest BCUT2D eigenvalue weighted by molar-refractivity contribution is 6.33. The molecule has 0 bridgehead atoms. The standard InChI is InChI=1S/C20H22ClN3O/c21-17-11-18-15(10-20(25)23-18)9-19(17)22-16-7-4-8-24(13-16)12-14-5-2-1-3-6-14/h1-3,5-6,9,11,16,22H,4,7-8,10,12-13H2,(H,23,25). The van der Waals surface area contributed by atoms with Crippen LogP contribution in [0.3, 0.4) is 0 Å². The van der Waals surface area contributed by atoms with Crippen molar-refractivity contribution >= 4 is 28.9 Å². The third-order valence-electron chi connectivity index (χ3n) is 4.93. The number of carbonyl (C=O) groups excluding carboxylic acids is 1. The van der Waals surface area contributed by atoms with Gasteiger partial charge in [-0.25, -0.2) is 0 Å². The van der Waals surface area contributed by atoms with E-state index in [0.717, 1.165) is 43.0 Å².